The maximum atomic E-state index is 11.7. The number of aromatic nitrogens is 4. The number of hydrogen-bond acceptors (Lipinski definition) is 5. The zero-order valence-corrected chi connectivity index (χ0v) is 16.8. The number of fused-ring (bicyclic) bond motifs is 1. The highest BCUT2D eigenvalue weighted by Gasteiger charge is 2.14. The number of imidazole rings is 1. The number of pyridine rings is 2. The molecule has 0 aliphatic carbocycles. The van der Waals surface area contributed by atoms with E-state index in [1.54, 1.807) is 12.3 Å². The molecule has 0 radical (unpaired) electrons. The first-order chi connectivity index (χ1) is 14.7. The molecule has 1 aliphatic rings. The van der Waals surface area contributed by atoms with Crippen molar-refractivity contribution in [1.82, 2.24) is 24.4 Å². The third-order valence-electron chi connectivity index (χ3n) is 5.45. The molecule has 0 bridgehead atoms. The lowest BCUT2D eigenvalue weighted by molar-refractivity contribution is 0.0342. The van der Waals surface area contributed by atoms with E-state index >= 15 is 0 Å². The second-order valence-electron chi connectivity index (χ2n) is 7.53. The van der Waals surface area contributed by atoms with Gasteiger partial charge in [0.15, 0.2) is 5.65 Å². The van der Waals surface area contributed by atoms with Gasteiger partial charge in [-0.25, -0.2) is 9.97 Å². The number of nitrogens with one attached hydrogen (secondary N) is 1. The molecule has 3 aromatic heterocycles. The summed E-state index contributed by atoms with van der Waals surface area (Å²) in [6, 6.07) is 15.8. The van der Waals surface area contributed by atoms with E-state index in [0.29, 0.717) is 0 Å². The molecule has 5 rings (SSSR count). The van der Waals surface area contributed by atoms with Crippen LogP contribution in [-0.2, 0) is 11.3 Å². The van der Waals surface area contributed by atoms with E-state index in [1.807, 2.05) is 25.1 Å². The summed E-state index contributed by atoms with van der Waals surface area (Å²) in [6.07, 6.45) is 1.64. The molecule has 1 fully saturated rings. The van der Waals surface area contributed by atoms with Crippen LogP contribution in [-0.4, -0.2) is 50.7 Å². The first-order valence-electron chi connectivity index (χ1n) is 10.1. The van der Waals surface area contributed by atoms with Gasteiger partial charge in [0.1, 0.15) is 11.3 Å². The van der Waals surface area contributed by atoms with E-state index in [0.717, 1.165) is 66.8 Å². The van der Waals surface area contributed by atoms with Crippen LogP contribution in [0.4, 0.5) is 0 Å². The summed E-state index contributed by atoms with van der Waals surface area (Å²) in [4.78, 5) is 26.2. The fraction of sp³-hybridized carbons (Fsp3) is 0.261. The molecule has 1 aliphatic heterocycles. The quantitative estimate of drug-likeness (QED) is 0.569. The molecule has 0 saturated carbocycles. The Hall–Kier alpha value is -3.29. The highest BCUT2D eigenvalue weighted by molar-refractivity contribution is 5.78. The average Bonchev–Trinajstić information content (AvgIpc) is 3.10. The van der Waals surface area contributed by atoms with E-state index in [1.165, 1.54) is 5.56 Å². The molecule has 1 aromatic carbocycles. The Balaban J connectivity index is 1.49. The van der Waals surface area contributed by atoms with Gasteiger partial charge >= 0.3 is 0 Å². The van der Waals surface area contributed by atoms with Crippen LogP contribution in [0, 0.1) is 6.92 Å². The highest BCUT2D eigenvalue weighted by atomic mass is 16.5. The lowest BCUT2D eigenvalue weighted by Gasteiger charge is -2.26. The minimum atomic E-state index is -0.144. The number of nitrogens with zero attached hydrogens (tertiary/aromatic N) is 4. The molecule has 1 N–H and O–H groups in total. The molecule has 30 heavy (non-hydrogen) atoms. The first kappa shape index (κ1) is 18.7. The predicted octanol–water partition coefficient (Wildman–Crippen LogP) is 2.92. The molecular formula is C23H23N5O2. The molecule has 0 unspecified atom stereocenters. The summed E-state index contributed by atoms with van der Waals surface area (Å²) >= 11 is 0. The van der Waals surface area contributed by atoms with Crippen LogP contribution in [0.5, 0.6) is 0 Å². The molecule has 4 heterocycles. The smallest absolute Gasteiger partial charge is 0.248 e. The summed E-state index contributed by atoms with van der Waals surface area (Å²) < 4.78 is 7.49. The van der Waals surface area contributed by atoms with E-state index in [-0.39, 0.29) is 5.56 Å². The van der Waals surface area contributed by atoms with Crippen molar-refractivity contribution < 1.29 is 4.74 Å². The Kier molecular flexibility index (Phi) is 4.90. The largest absolute Gasteiger partial charge is 0.379 e. The molecule has 7 heteroatoms. The molecule has 1 saturated heterocycles. The van der Waals surface area contributed by atoms with Crippen LogP contribution in [0.3, 0.4) is 0 Å². The van der Waals surface area contributed by atoms with E-state index < -0.39 is 0 Å². The van der Waals surface area contributed by atoms with Crippen molar-refractivity contribution in [2.75, 3.05) is 26.3 Å². The van der Waals surface area contributed by atoms with Gasteiger partial charge in [0.2, 0.25) is 5.56 Å². The summed E-state index contributed by atoms with van der Waals surface area (Å²) in [5.74, 6) is 0.876. The first-order valence-corrected chi connectivity index (χ1v) is 10.1. The Morgan fingerprint density at radius 2 is 1.83 bits per heavy atom. The van der Waals surface area contributed by atoms with Crippen LogP contribution in [0.2, 0.25) is 0 Å². The second kappa shape index (κ2) is 7.85. The standard InChI is InChI=1S/C23H23N5O2/c1-16-25-21-7-6-20(18-8-9-24-22(29)14-18)26-23(21)28(16)19-4-2-17(3-5-19)15-27-10-12-30-13-11-27/h2-9,14H,10-13,15H2,1H3,(H,24,29). The summed E-state index contributed by atoms with van der Waals surface area (Å²) in [7, 11) is 0. The SMILES string of the molecule is Cc1nc2ccc(-c3cc[nH]c(=O)c3)nc2n1-c1ccc(CN2CCOCC2)cc1. The van der Waals surface area contributed by atoms with Crippen molar-refractivity contribution in [3.8, 4) is 16.9 Å². The van der Waals surface area contributed by atoms with Gasteiger partial charge in [-0.15, -0.1) is 0 Å². The van der Waals surface area contributed by atoms with E-state index in [9.17, 15) is 4.79 Å². The van der Waals surface area contributed by atoms with Gasteiger partial charge in [0, 0.05) is 43.1 Å². The maximum Gasteiger partial charge on any atom is 0.248 e. The number of morpholine rings is 1. The Bertz CT molecular complexity index is 1240. The van der Waals surface area contributed by atoms with Crippen molar-refractivity contribution in [3.63, 3.8) is 0 Å². The Morgan fingerprint density at radius 1 is 1.03 bits per heavy atom. The van der Waals surface area contributed by atoms with Gasteiger partial charge in [0.05, 0.1) is 18.9 Å². The molecule has 0 atom stereocenters. The topological polar surface area (TPSA) is 76.0 Å². The number of rotatable bonds is 4. The number of ether oxygens (including phenoxy) is 1. The van der Waals surface area contributed by atoms with Crippen molar-refractivity contribution in [2.45, 2.75) is 13.5 Å². The molecule has 7 nitrogen and oxygen atoms in total. The number of benzene rings is 1. The van der Waals surface area contributed by atoms with Crippen molar-refractivity contribution in [3.05, 3.63) is 76.5 Å². The van der Waals surface area contributed by atoms with Crippen LogP contribution < -0.4 is 5.56 Å². The van der Waals surface area contributed by atoms with Gasteiger partial charge in [-0.3, -0.25) is 14.3 Å². The molecule has 4 aromatic rings. The summed E-state index contributed by atoms with van der Waals surface area (Å²) in [6.45, 7) is 6.47. The fourth-order valence-corrected chi connectivity index (χ4v) is 3.91. The molecule has 0 amide bonds. The zero-order valence-electron chi connectivity index (χ0n) is 16.8. The van der Waals surface area contributed by atoms with Gasteiger partial charge in [-0.1, -0.05) is 12.1 Å². The lowest BCUT2D eigenvalue weighted by Crippen LogP contribution is -2.35. The minimum absolute atomic E-state index is 0.144. The van der Waals surface area contributed by atoms with Crippen LogP contribution in [0.15, 0.2) is 59.5 Å². The zero-order chi connectivity index (χ0) is 20.5. The van der Waals surface area contributed by atoms with Gasteiger partial charge < -0.3 is 9.72 Å². The Morgan fingerprint density at radius 3 is 2.60 bits per heavy atom. The number of aryl methyl sites for hydroxylation is 1. The van der Waals surface area contributed by atoms with Gasteiger partial charge in [0.25, 0.3) is 0 Å². The number of aromatic amines is 1. The minimum Gasteiger partial charge on any atom is -0.379 e. The van der Waals surface area contributed by atoms with E-state index in [4.69, 9.17) is 9.72 Å². The third kappa shape index (κ3) is 3.65. The monoisotopic (exact) mass is 401 g/mol. The van der Waals surface area contributed by atoms with Crippen molar-refractivity contribution in [1.29, 1.82) is 0 Å². The van der Waals surface area contributed by atoms with Crippen LogP contribution >= 0.6 is 0 Å². The second-order valence-corrected chi connectivity index (χ2v) is 7.53. The van der Waals surface area contributed by atoms with Crippen LogP contribution in [0.25, 0.3) is 28.1 Å². The predicted molar refractivity (Wildman–Crippen MR) is 116 cm³/mol. The molecule has 0 spiro atoms. The summed E-state index contributed by atoms with van der Waals surface area (Å²) in [5.41, 5.74) is 5.31. The Labute approximate surface area is 174 Å². The number of H-pyrrole nitrogens is 1. The molecule has 152 valence electrons. The average molecular weight is 401 g/mol. The normalized spacial score (nSPS) is 15.0. The van der Waals surface area contributed by atoms with Gasteiger partial charge in [-0.05, 0) is 42.8 Å². The fourth-order valence-electron chi connectivity index (χ4n) is 3.91. The summed E-state index contributed by atoms with van der Waals surface area (Å²) in [5, 5.41) is 0. The van der Waals surface area contributed by atoms with Crippen molar-refractivity contribution >= 4 is 11.2 Å². The van der Waals surface area contributed by atoms with Crippen molar-refractivity contribution in [2.24, 2.45) is 0 Å². The number of hydrogen-bond donors (Lipinski definition) is 1. The van der Waals surface area contributed by atoms with Gasteiger partial charge in [-0.2, -0.15) is 0 Å². The third-order valence-corrected chi connectivity index (χ3v) is 5.45. The lowest BCUT2D eigenvalue weighted by atomic mass is 10.1. The van der Waals surface area contributed by atoms with Crippen LogP contribution in [0.1, 0.15) is 11.4 Å². The maximum absolute atomic E-state index is 11.7. The van der Waals surface area contributed by atoms with E-state index in [2.05, 4.69) is 43.7 Å². The highest BCUT2D eigenvalue weighted by Crippen LogP contribution is 2.24. The molecular weight excluding hydrogens is 378 g/mol.